The Morgan fingerprint density at radius 3 is 2.76 bits per heavy atom. The Bertz CT molecular complexity index is 438. The Hall–Kier alpha value is -0.990. The van der Waals surface area contributed by atoms with Crippen molar-refractivity contribution in [1.82, 2.24) is 0 Å². The van der Waals surface area contributed by atoms with Gasteiger partial charge in [-0.25, -0.2) is 0 Å². The van der Waals surface area contributed by atoms with Gasteiger partial charge in [0.15, 0.2) is 0 Å². The molecule has 1 atom stereocenters. The smallest absolute Gasteiger partial charge is 0.0474 e. The second kappa shape index (κ2) is 5.11. The van der Waals surface area contributed by atoms with Gasteiger partial charge in [0, 0.05) is 29.8 Å². The molecular weight excluding hydrogens is 232 g/mol. The molecule has 2 rings (SSSR count). The van der Waals surface area contributed by atoms with Gasteiger partial charge in [-0.3, -0.25) is 0 Å². The molecule has 1 aliphatic heterocycles. The number of nitrogens with two attached hydrogens (primary N) is 1. The summed E-state index contributed by atoms with van der Waals surface area (Å²) in [6.45, 7) is 6.18. The maximum absolute atomic E-state index is 6.26. The molecule has 0 spiro atoms. The standard InChI is InChI=1S/C14H19ClN2/c1-10-4-3-7-17(9-10)12-5-6-13(11(2)16)14(15)8-12/h4-6,8,11H,3,7,9,16H2,1-2H3. The summed E-state index contributed by atoms with van der Waals surface area (Å²) in [5.41, 5.74) is 9.48. The number of nitrogens with zero attached hydrogens (tertiary/aromatic N) is 1. The van der Waals surface area contributed by atoms with Crippen molar-refractivity contribution in [3.05, 3.63) is 40.4 Å². The van der Waals surface area contributed by atoms with Gasteiger partial charge in [0.25, 0.3) is 0 Å². The summed E-state index contributed by atoms with van der Waals surface area (Å²) in [7, 11) is 0. The lowest BCUT2D eigenvalue weighted by atomic mass is 10.1. The molecule has 1 aromatic carbocycles. The summed E-state index contributed by atoms with van der Waals surface area (Å²) in [5.74, 6) is 0. The van der Waals surface area contributed by atoms with Gasteiger partial charge in [-0.2, -0.15) is 0 Å². The fourth-order valence-electron chi connectivity index (χ4n) is 2.21. The van der Waals surface area contributed by atoms with Crippen LogP contribution in [0.25, 0.3) is 0 Å². The summed E-state index contributed by atoms with van der Waals surface area (Å²) in [6, 6.07) is 6.16. The zero-order valence-corrected chi connectivity index (χ0v) is 11.2. The summed E-state index contributed by atoms with van der Waals surface area (Å²) in [6.07, 6.45) is 3.41. The highest BCUT2D eigenvalue weighted by Gasteiger charge is 2.13. The van der Waals surface area contributed by atoms with E-state index in [2.05, 4.69) is 24.0 Å². The van der Waals surface area contributed by atoms with E-state index in [9.17, 15) is 0 Å². The van der Waals surface area contributed by atoms with Crippen LogP contribution in [0.2, 0.25) is 5.02 Å². The van der Waals surface area contributed by atoms with Gasteiger partial charge >= 0.3 is 0 Å². The van der Waals surface area contributed by atoms with E-state index in [0.717, 1.165) is 30.1 Å². The van der Waals surface area contributed by atoms with Crippen LogP contribution in [0.4, 0.5) is 5.69 Å². The minimum absolute atomic E-state index is 0.0143. The fourth-order valence-corrected chi connectivity index (χ4v) is 2.56. The topological polar surface area (TPSA) is 29.3 Å². The number of anilines is 1. The molecule has 0 saturated carbocycles. The molecule has 17 heavy (non-hydrogen) atoms. The van der Waals surface area contributed by atoms with E-state index >= 15 is 0 Å². The molecule has 0 saturated heterocycles. The molecular formula is C14H19ClN2. The molecule has 3 heteroatoms. The van der Waals surface area contributed by atoms with Crippen LogP contribution in [0.1, 0.15) is 31.9 Å². The molecule has 2 N–H and O–H groups in total. The predicted octanol–water partition coefficient (Wildman–Crippen LogP) is 3.52. The van der Waals surface area contributed by atoms with E-state index in [0.29, 0.717) is 0 Å². The average Bonchev–Trinajstić information content (AvgIpc) is 2.28. The molecule has 0 amide bonds. The first-order valence-electron chi connectivity index (χ1n) is 6.03. The molecule has 0 aliphatic carbocycles. The van der Waals surface area contributed by atoms with Crippen LogP contribution in [-0.2, 0) is 0 Å². The molecule has 2 nitrogen and oxygen atoms in total. The molecule has 1 unspecified atom stereocenters. The molecule has 0 radical (unpaired) electrons. The van der Waals surface area contributed by atoms with Crippen molar-refractivity contribution in [2.75, 3.05) is 18.0 Å². The van der Waals surface area contributed by atoms with Crippen molar-refractivity contribution in [3.8, 4) is 0 Å². The average molecular weight is 251 g/mol. The second-order valence-corrected chi connectivity index (χ2v) is 5.16. The van der Waals surface area contributed by atoms with Gasteiger partial charge in [-0.05, 0) is 38.0 Å². The number of hydrogen-bond donors (Lipinski definition) is 1. The van der Waals surface area contributed by atoms with E-state index in [-0.39, 0.29) is 6.04 Å². The van der Waals surface area contributed by atoms with Crippen LogP contribution in [0, 0.1) is 0 Å². The van der Waals surface area contributed by atoms with Crippen molar-refractivity contribution in [3.63, 3.8) is 0 Å². The second-order valence-electron chi connectivity index (χ2n) is 4.76. The monoisotopic (exact) mass is 250 g/mol. The Morgan fingerprint density at radius 2 is 2.18 bits per heavy atom. The fraction of sp³-hybridized carbons (Fsp3) is 0.429. The van der Waals surface area contributed by atoms with E-state index < -0.39 is 0 Å². The molecule has 92 valence electrons. The molecule has 1 aromatic rings. The number of halogens is 1. The van der Waals surface area contributed by atoms with Crippen molar-refractivity contribution < 1.29 is 0 Å². The van der Waals surface area contributed by atoms with Crippen LogP contribution in [0.3, 0.4) is 0 Å². The van der Waals surface area contributed by atoms with Crippen LogP contribution in [-0.4, -0.2) is 13.1 Å². The molecule has 0 aromatic heterocycles. The first-order chi connectivity index (χ1) is 8.08. The van der Waals surface area contributed by atoms with E-state index in [4.69, 9.17) is 17.3 Å². The zero-order valence-electron chi connectivity index (χ0n) is 10.4. The Balaban J connectivity index is 2.23. The lowest BCUT2D eigenvalue weighted by Gasteiger charge is -2.28. The number of rotatable bonds is 2. The van der Waals surface area contributed by atoms with Crippen LogP contribution in [0.15, 0.2) is 29.8 Å². The highest BCUT2D eigenvalue weighted by Crippen LogP contribution is 2.28. The Morgan fingerprint density at radius 1 is 1.41 bits per heavy atom. The van der Waals surface area contributed by atoms with E-state index in [1.54, 1.807) is 0 Å². The maximum Gasteiger partial charge on any atom is 0.0474 e. The first-order valence-corrected chi connectivity index (χ1v) is 6.41. The number of hydrogen-bond acceptors (Lipinski definition) is 2. The zero-order chi connectivity index (χ0) is 12.4. The Kier molecular flexibility index (Phi) is 3.75. The lowest BCUT2D eigenvalue weighted by Crippen LogP contribution is -2.29. The Labute approximate surface area is 108 Å². The molecule has 1 heterocycles. The highest BCUT2D eigenvalue weighted by molar-refractivity contribution is 6.31. The third-order valence-electron chi connectivity index (χ3n) is 3.17. The molecule has 0 bridgehead atoms. The van der Waals surface area contributed by atoms with Gasteiger partial charge in [-0.1, -0.05) is 29.3 Å². The summed E-state index contributed by atoms with van der Waals surface area (Å²) in [4.78, 5) is 2.35. The minimum atomic E-state index is -0.0143. The van der Waals surface area contributed by atoms with Crippen LogP contribution < -0.4 is 10.6 Å². The van der Waals surface area contributed by atoms with Gasteiger partial charge in [0.1, 0.15) is 0 Å². The lowest BCUT2D eigenvalue weighted by molar-refractivity contribution is 0.787. The molecule has 0 fully saturated rings. The number of benzene rings is 1. The van der Waals surface area contributed by atoms with Gasteiger partial charge in [0.2, 0.25) is 0 Å². The largest absolute Gasteiger partial charge is 0.367 e. The van der Waals surface area contributed by atoms with Gasteiger partial charge in [0.05, 0.1) is 0 Å². The minimum Gasteiger partial charge on any atom is -0.367 e. The highest BCUT2D eigenvalue weighted by atomic mass is 35.5. The third kappa shape index (κ3) is 2.82. The van der Waals surface area contributed by atoms with Gasteiger partial charge in [-0.15, -0.1) is 0 Å². The van der Waals surface area contributed by atoms with Crippen LogP contribution in [0.5, 0.6) is 0 Å². The quantitative estimate of drug-likeness (QED) is 0.814. The van der Waals surface area contributed by atoms with Gasteiger partial charge < -0.3 is 10.6 Å². The third-order valence-corrected chi connectivity index (χ3v) is 3.50. The first kappa shape index (κ1) is 12.5. The predicted molar refractivity (Wildman–Crippen MR) is 74.6 cm³/mol. The maximum atomic E-state index is 6.26. The molecule has 1 aliphatic rings. The van der Waals surface area contributed by atoms with Crippen molar-refractivity contribution >= 4 is 17.3 Å². The van der Waals surface area contributed by atoms with Crippen molar-refractivity contribution in [2.45, 2.75) is 26.3 Å². The van der Waals surface area contributed by atoms with E-state index in [1.165, 1.54) is 11.3 Å². The summed E-state index contributed by atoms with van der Waals surface area (Å²) >= 11 is 6.26. The van der Waals surface area contributed by atoms with E-state index in [1.807, 2.05) is 19.1 Å². The summed E-state index contributed by atoms with van der Waals surface area (Å²) in [5, 5.41) is 0.768. The van der Waals surface area contributed by atoms with Crippen molar-refractivity contribution in [1.29, 1.82) is 0 Å². The van der Waals surface area contributed by atoms with Crippen molar-refractivity contribution in [2.24, 2.45) is 5.73 Å². The normalized spacial score (nSPS) is 17.9. The SMILES string of the molecule is CC1=CCCN(c2ccc(C(C)N)c(Cl)c2)C1. The van der Waals surface area contributed by atoms with Crippen LogP contribution >= 0.6 is 11.6 Å². The summed E-state index contributed by atoms with van der Waals surface area (Å²) < 4.78 is 0.